The monoisotopic (exact) mass is 490 g/mol. The molecule has 0 bridgehead atoms. The molecule has 2 amide bonds. The Kier molecular flexibility index (Phi) is 5.63. The van der Waals surface area contributed by atoms with Crippen LogP contribution in [-0.2, 0) is 4.79 Å². The Labute approximate surface area is 206 Å². The van der Waals surface area contributed by atoms with Crippen LogP contribution in [0.4, 0.5) is 5.69 Å². The number of halogens is 2. The van der Waals surface area contributed by atoms with Crippen molar-refractivity contribution in [3.8, 4) is 5.69 Å². The molecule has 1 aliphatic rings. The quantitative estimate of drug-likeness (QED) is 0.289. The molecule has 3 aromatic carbocycles. The Bertz CT molecular complexity index is 1480. The van der Waals surface area contributed by atoms with Crippen molar-refractivity contribution in [2.24, 2.45) is 5.10 Å². The zero-order chi connectivity index (χ0) is 24.0. The average molecular weight is 491 g/mol. The van der Waals surface area contributed by atoms with Crippen LogP contribution in [0.1, 0.15) is 27.3 Å². The molecule has 6 nitrogen and oxygen atoms in total. The van der Waals surface area contributed by atoms with Crippen molar-refractivity contribution in [1.82, 2.24) is 9.99 Å². The van der Waals surface area contributed by atoms with Gasteiger partial charge in [0.15, 0.2) is 0 Å². The van der Waals surface area contributed by atoms with Crippen molar-refractivity contribution in [2.75, 3.05) is 11.4 Å². The van der Waals surface area contributed by atoms with E-state index in [9.17, 15) is 9.59 Å². The van der Waals surface area contributed by atoms with Gasteiger partial charge in [-0.1, -0.05) is 47.5 Å². The summed E-state index contributed by atoms with van der Waals surface area (Å²) >= 11 is 12.3. The summed E-state index contributed by atoms with van der Waals surface area (Å²) in [5.41, 5.74) is 7.46. The maximum absolute atomic E-state index is 12.9. The van der Waals surface area contributed by atoms with E-state index in [4.69, 9.17) is 23.2 Å². The molecule has 0 unspecified atom stereocenters. The number of aromatic nitrogens is 1. The fourth-order valence-electron chi connectivity index (χ4n) is 4.47. The highest BCUT2D eigenvalue weighted by atomic mass is 35.5. The van der Waals surface area contributed by atoms with Crippen LogP contribution < -0.4 is 10.3 Å². The van der Waals surface area contributed by atoms with E-state index in [-0.39, 0.29) is 18.4 Å². The third kappa shape index (κ3) is 3.85. The van der Waals surface area contributed by atoms with Crippen molar-refractivity contribution >= 4 is 57.7 Å². The Morgan fingerprint density at radius 2 is 1.74 bits per heavy atom. The molecule has 8 heteroatoms. The Balaban J connectivity index is 1.32. The smallest absolute Gasteiger partial charge is 0.260 e. The second kappa shape index (κ2) is 8.63. The summed E-state index contributed by atoms with van der Waals surface area (Å²) < 4.78 is 2.02. The second-order valence-electron chi connectivity index (χ2n) is 8.15. The Hall–Kier alpha value is -3.61. The van der Waals surface area contributed by atoms with E-state index < -0.39 is 0 Å². The molecular formula is C26H20Cl2N4O2. The van der Waals surface area contributed by atoms with E-state index in [1.165, 1.54) is 4.90 Å². The highest BCUT2D eigenvalue weighted by Gasteiger charge is 2.30. The number of amides is 2. The van der Waals surface area contributed by atoms with E-state index in [2.05, 4.69) is 10.5 Å². The van der Waals surface area contributed by atoms with Crippen molar-refractivity contribution in [2.45, 2.75) is 13.8 Å². The number of aryl methyl sites for hydroxylation is 1. The van der Waals surface area contributed by atoms with E-state index in [0.29, 0.717) is 15.6 Å². The summed E-state index contributed by atoms with van der Waals surface area (Å²) in [6, 6.07) is 18.6. The number of anilines is 1. The summed E-state index contributed by atoms with van der Waals surface area (Å²) in [6.45, 7) is 3.80. The summed E-state index contributed by atoms with van der Waals surface area (Å²) in [6.07, 6.45) is 1.59. The van der Waals surface area contributed by atoms with Gasteiger partial charge in [0.05, 0.1) is 11.9 Å². The first-order valence-corrected chi connectivity index (χ1v) is 11.4. The van der Waals surface area contributed by atoms with Crippen LogP contribution in [0.15, 0.2) is 65.8 Å². The summed E-state index contributed by atoms with van der Waals surface area (Å²) in [5.74, 6) is -0.570. The fourth-order valence-corrected chi connectivity index (χ4v) is 4.99. The first kappa shape index (κ1) is 22.2. The fraction of sp³-hybridized carbons (Fsp3) is 0.115. The molecule has 34 heavy (non-hydrogen) atoms. The highest BCUT2D eigenvalue weighted by Crippen LogP contribution is 2.36. The third-order valence-corrected chi connectivity index (χ3v) is 6.36. The van der Waals surface area contributed by atoms with Crippen molar-refractivity contribution in [1.29, 1.82) is 0 Å². The molecule has 1 aromatic heterocycles. The first-order chi connectivity index (χ1) is 16.3. The van der Waals surface area contributed by atoms with Crippen LogP contribution in [0.5, 0.6) is 0 Å². The molecule has 0 spiro atoms. The average Bonchev–Trinajstić information content (AvgIpc) is 3.22. The molecule has 170 valence electrons. The lowest BCUT2D eigenvalue weighted by atomic mass is 10.1. The Morgan fingerprint density at radius 1 is 1.03 bits per heavy atom. The van der Waals surface area contributed by atoms with Crippen molar-refractivity contribution in [3.63, 3.8) is 0 Å². The predicted molar refractivity (Wildman–Crippen MR) is 137 cm³/mol. The minimum atomic E-state index is -0.384. The Morgan fingerprint density at radius 3 is 2.47 bits per heavy atom. The number of hydrazone groups is 1. The summed E-state index contributed by atoms with van der Waals surface area (Å²) in [4.78, 5) is 27.0. The van der Waals surface area contributed by atoms with Gasteiger partial charge in [-0.05, 0) is 55.6 Å². The molecule has 1 N–H and O–H groups in total. The lowest BCUT2D eigenvalue weighted by Gasteiger charge is -2.16. The second-order valence-corrected chi connectivity index (χ2v) is 9.03. The van der Waals surface area contributed by atoms with Gasteiger partial charge in [-0.25, -0.2) is 5.43 Å². The summed E-state index contributed by atoms with van der Waals surface area (Å²) in [5, 5.41) is 7.07. The third-order valence-electron chi connectivity index (χ3n) is 5.92. The minimum absolute atomic E-state index is 0.121. The SMILES string of the molecule is Cc1cc(/C=N/NC(=O)CN2C(=O)c3cccc4cccc2c34)c(C)n1-c1cc(Cl)cc(Cl)c1. The van der Waals surface area contributed by atoms with Gasteiger partial charge in [0.1, 0.15) is 6.54 Å². The van der Waals surface area contributed by atoms with Gasteiger partial charge in [-0.2, -0.15) is 5.10 Å². The van der Waals surface area contributed by atoms with Gasteiger partial charge in [0.2, 0.25) is 0 Å². The number of benzene rings is 3. The first-order valence-electron chi connectivity index (χ1n) is 10.6. The number of hydrogen-bond donors (Lipinski definition) is 1. The number of carbonyl (C=O) groups excluding carboxylic acids is 2. The number of nitrogens with one attached hydrogen (secondary N) is 1. The van der Waals surface area contributed by atoms with Crippen LogP contribution >= 0.6 is 23.2 Å². The maximum atomic E-state index is 12.9. The zero-order valence-electron chi connectivity index (χ0n) is 18.5. The van der Waals surface area contributed by atoms with Crippen LogP contribution in [0.2, 0.25) is 10.0 Å². The van der Waals surface area contributed by atoms with Crippen LogP contribution in [0.25, 0.3) is 16.5 Å². The van der Waals surface area contributed by atoms with Gasteiger partial charge in [-0.15, -0.1) is 0 Å². The molecule has 1 aliphatic heterocycles. The van der Waals surface area contributed by atoms with Gasteiger partial charge in [0.25, 0.3) is 11.8 Å². The number of rotatable bonds is 5. The topological polar surface area (TPSA) is 66.7 Å². The standard InChI is InChI=1S/C26H20Cl2N4O2/c1-15-9-18(16(2)32(15)21-11-19(27)10-20(28)12-21)13-29-30-24(33)14-31-23-8-4-6-17-5-3-7-22(25(17)23)26(31)34/h3-13H,14H2,1-2H3,(H,30,33)/b29-13+. The van der Waals surface area contributed by atoms with Gasteiger partial charge in [-0.3, -0.25) is 14.5 Å². The van der Waals surface area contributed by atoms with Crippen molar-refractivity contribution < 1.29 is 9.59 Å². The van der Waals surface area contributed by atoms with Crippen LogP contribution in [0, 0.1) is 13.8 Å². The van der Waals surface area contributed by atoms with Crippen LogP contribution in [0.3, 0.4) is 0 Å². The lowest BCUT2D eigenvalue weighted by Crippen LogP contribution is -2.37. The normalized spacial score (nSPS) is 12.8. The highest BCUT2D eigenvalue weighted by molar-refractivity contribution is 6.34. The molecule has 0 aliphatic carbocycles. The molecule has 0 saturated heterocycles. The largest absolute Gasteiger partial charge is 0.318 e. The van der Waals surface area contributed by atoms with Crippen molar-refractivity contribution in [3.05, 3.63) is 93.2 Å². The minimum Gasteiger partial charge on any atom is -0.318 e. The predicted octanol–water partition coefficient (Wildman–Crippen LogP) is 5.66. The van der Waals surface area contributed by atoms with Gasteiger partial charge >= 0.3 is 0 Å². The van der Waals surface area contributed by atoms with Crippen LogP contribution in [-0.4, -0.2) is 29.1 Å². The van der Waals surface area contributed by atoms with Gasteiger partial charge < -0.3 is 4.57 Å². The van der Waals surface area contributed by atoms with E-state index in [1.54, 1.807) is 18.3 Å². The molecule has 0 radical (unpaired) electrons. The zero-order valence-corrected chi connectivity index (χ0v) is 20.0. The van der Waals surface area contributed by atoms with E-state index in [1.807, 2.05) is 66.9 Å². The lowest BCUT2D eigenvalue weighted by molar-refractivity contribution is -0.119. The molecule has 5 rings (SSSR count). The molecule has 4 aromatic rings. The number of carbonyl (C=O) groups is 2. The number of nitrogens with zero attached hydrogens (tertiary/aromatic N) is 3. The maximum Gasteiger partial charge on any atom is 0.260 e. The molecular weight excluding hydrogens is 471 g/mol. The molecule has 2 heterocycles. The number of hydrogen-bond acceptors (Lipinski definition) is 3. The van der Waals surface area contributed by atoms with E-state index in [0.717, 1.165) is 39.1 Å². The molecule has 0 fully saturated rings. The molecule has 0 saturated carbocycles. The van der Waals surface area contributed by atoms with E-state index >= 15 is 0 Å². The summed E-state index contributed by atoms with van der Waals surface area (Å²) in [7, 11) is 0. The van der Waals surface area contributed by atoms with Gasteiger partial charge in [0, 0.05) is 43.6 Å². The molecule has 0 atom stereocenters.